The Hall–Kier alpha value is -3.92. The first-order valence-electron chi connectivity index (χ1n) is 12.4. The number of hydrogen-bond donors (Lipinski definition) is 1. The van der Waals surface area contributed by atoms with Crippen LogP contribution in [0.2, 0.25) is 0 Å². The summed E-state index contributed by atoms with van der Waals surface area (Å²) in [4.78, 5) is 27.0. The summed E-state index contributed by atoms with van der Waals surface area (Å²) in [6.07, 6.45) is -0.488. The summed E-state index contributed by atoms with van der Waals surface area (Å²) in [6, 6.07) is 13.9. The number of piperidine rings is 1. The molecule has 0 aliphatic carbocycles. The second kappa shape index (κ2) is 10.1. The fourth-order valence-electron chi connectivity index (χ4n) is 4.89. The number of aromatic nitrogens is 3. The molecule has 3 heterocycles. The zero-order valence-electron chi connectivity index (χ0n) is 21.5. The van der Waals surface area contributed by atoms with Crippen LogP contribution in [0, 0.1) is 0 Å². The summed E-state index contributed by atoms with van der Waals surface area (Å²) in [6.45, 7) is 1.76. The van der Waals surface area contributed by atoms with E-state index in [9.17, 15) is 18.0 Å². The molecule has 10 heteroatoms. The number of anilines is 2. The maximum atomic E-state index is 13.1. The largest absolute Gasteiger partial charge is 0.416 e. The number of aryl methyl sites for hydroxylation is 1. The normalized spacial score (nSPS) is 14.9. The lowest BCUT2D eigenvalue weighted by molar-refractivity contribution is -0.137. The zero-order chi connectivity index (χ0) is 27.0. The van der Waals surface area contributed by atoms with Gasteiger partial charge in [-0.2, -0.15) is 13.2 Å². The third-order valence-electron chi connectivity index (χ3n) is 7.03. The molecule has 0 spiro atoms. The number of rotatable bonds is 5. The molecular formula is C28H29F3N6O. The van der Waals surface area contributed by atoms with E-state index in [2.05, 4.69) is 29.2 Å². The fourth-order valence-corrected chi connectivity index (χ4v) is 4.89. The standard InChI is InChI=1S/C28H29F3N6O/c1-35(2)22-10-14-37(15-11-22)26-24-23(12-13-36(24)3)33-25(34-26)18-6-5-9-21(17-18)32-27(38)19-7-4-8-20(16-19)28(29,30)31/h4-9,12-13,16-17,22H,10-11,14-15H2,1-3H3,(H,32,38). The van der Waals surface area contributed by atoms with Crippen LogP contribution < -0.4 is 10.2 Å². The van der Waals surface area contributed by atoms with Gasteiger partial charge in [0.1, 0.15) is 5.52 Å². The zero-order valence-corrected chi connectivity index (χ0v) is 21.5. The molecule has 7 nitrogen and oxygen atoms in total. The predicted octanol–water partition coefficient (Wildman–Crippen LogP) is 5.44. The molecule has 1 amide bonds. The van der Waals surface area contributed by atoms with Crippen molar-refractivity contribution in [2.75, 3.05) is 37.4 Å². The Balaban J connectivity index is 1.43. The number of amides is 1. The Labute approximate surface area is 218 Å². The Bertz CT molecular complexity index is 1470. The molecule has 0 bridgehead atoms. The second-order valence-corrected chi connectivity index (χ2v) is 9.83. The van der Waals surface area contributed by atoms with Crippen LogP contribution in [0.4, 0.5) is 24.7 Å². The van der Waals surface area contributed by atoms with Crippen molar-refractivity contribution in [1.82, 2.24) is 19.4 Å². The Morgan fingerprint density at radius 2 is 1.76 bits per heavy atom. The van der Waals surface area contributed by atoms with E-state index in [0.717, 1.165) is 54.9 Å². The summed E-state index contributed by atoms with van der Waals surface area (Å²) in [5.74, 6) is 0.758. The van der Waals surface area contributed by atoms with Gasteiger partial charge in [0.05, 0.1) is 11.1 Å². The summed E-state index contributed by atoms with van der Waals surface area (Å²) >= 11 is 0. The molecule has 0 saturated carbocycles. The quantitative estimate of drug-likeness (QED) is 0.378. The molecule has 0 atom stereocenters. The molecule has 0 radical (unpaired) electrons. The van der Waals surface area contributed by atoms with Crippen molar-refractivity contribution >= 4 is 28.4 Å². The summed E-state index contributed by atoms with van der Waals surface area (Å²) in [5.41, 5.74) is 1.98. The summed E-state index contributed by atoms with van der Waals surface area (Å²) < 4.78 is 41.3. The molecule has 2 aromatic carbocycles. The first-order chi connectivity index (χ1) is 18.1. The van der Waals surface area contributed by atoms with E-state index in [1.165, 1.54) is 12.1 Å². The van der Waals surface area contributed by atoms with Crippen LogP contribution in [0.3, 0.4) is 0 Å². The van der Waals surface area contributed by atoms with Crippen molar-refractivity contribution in [3.63, 3.8) is 0 Å². The van der Waals surface area contributed by atoms with Crippen LogP contribution in [0.25, 0.3) is 22.4 Å². The molecular weight excluding hydrogens is 493 g/mol. The van der Waals surface area contributed by atoms with Gasteiger partial charge in [-0.1, -0.05) is 18.2 Å². The Kier molecular flexibility index (Phi) is 6.83. The van der Waals surface area contributed by atoms with Crippen LogP contribution in [0.15, 0.2) is 60.8 Å². The lowest BCUT2D eigenvalue weighted by atomic mass is 10.0. The van der Waals surface area contributed by atoms with Crippen LogP contribution in [0.1, 0.15) is 28.8 Å². The highest BCUT2D eigenvalue weighted by Crippen LogP contribution is 2.32. The molecule has 1 aliphatic heterocycles. The maximum absolute atomic E-state index is 13.1. The number of carbonyl (C=O) groups excluding carboxylic acids is 1. The van der Waals surface area contributed by atoms with Gasteiger partial charge < -0.3 is 19.7 Å². The molecule has 1 aliphatic rings. The number of nitrogens with zero attached hydrogens (tertiary/aromatic N) is 5. The van der Waals surface area contributed by atoms with Crippen LogP contribution in [-0.2, 0) is 13.2 Å². The van der Waals surface area contributed by atoms with Crippen LogP contribution in [-0.4, -0.2) is 58.6 Å². The van der Waals surface area contributed by atoms with E-state index < -0.39 is 17.6 Å². The number of nitrogens with one attached hydrogen (secondary N) is 1. The van der Waals surface area contributed by atoms with Crippen molar-refractivity contribution < 1.29 is 18.0 Å². The molecule has 198 valence electrons. The van der Waals surface area contributed by atoms with Crippen molar-refractivity contribution in [3.05, 3.63) is 71.9 Å². The molecule has 2 aromatic heterocycles. The highest BCUT2D eigenvalue weighted by atomic mass is 19.4. The average molecular weight is 523 g/mol. The maximum Gasteiger partial charge on any atom is 0.416 e. The molecule has 38 heavy (non-hydrogen) atoms. The molecule has 4 aromatic rings. The van der Waals surface area contributed by atoms with Gasteiger partial charge in [-0.25, -0.2) is 9.97 Å². The van der Waals surface area contributed by atoms with E-state index in [-0.39, 0.29) is 5.56 Å². The lowest BCUT2D eigenvalue weighted by Crippen LogP contribution is -2.42. The van der Waals surface area contributed by atoms with E-state index in [1.54, 1.807) is 18.2 Å². The summed E-state index contributed by atoms with van der Waals surface area (Å²) in [5, 5.41) is 2.70. The van der Waals surface area contributed by atoms with Gasteiger partial charge in [-0.05, 0) is 63.3 Å². The lowest BCUT2D eigenvalue weighted by Gasteiger charge is -2.36. The number of carbonyl (C=O) groups is 1. The van der Waals surface area contributed by atoms with E-state index in [4.69, 9.17) is 9.97 Å². The molecule has 0 unspecified atom stereocenters. The van der Waals surface area contributed by atoms with Gasteiger partial charge >= 0.3 is 6.18 Å². The van der Waals surface area contributed by atoms with Crippen LogP contribution >= 0.6 is 0 Å². The Morgan fingerprint density at radius 1 is 1.03 bits per heavy atom. The minimum atomic E-state index is -4.52. The predicted molar refractivity (Wildman–Crippen MR) is 142 cm³/mol. The van der Waals surface area contributed by atoms with Crippen molar-refractivity contribution in [1.29, 1.82) is 0 Å². The number of benzene rings is 2. The van der Waals surface area contributed by atoms with E-state index >= 15 is 0 Å². The first kappa shape index (κ1) is 25.7. The number of halogens is 3. The van der Waals surface area contributed by atoms with Gasteiger partial charge in [0, 0.05) is 49.2 Å². The van der Waals surface area contributed by atoms with E-state index in [1.807, 2.05) is 29.9 Å². The minimum Gasteiger partial charge on any atom is -0.355 e. The smallest absolute Gasteiger partial charge is 0.355 e. The third kappa shape index (κ3) is 5.22. The van der Waals surface area contributed by atoms with Crippen molar-refractivity contribution in [3.8, 4) is 11.4 Å². The monoisotopic (exact) mass is 522 g/mol. The van der Waals surface area contributed by atoms with Gasteiger partial charge in [-0.3, -0.25) is 4.79 Å². The number of fused-ring (bicyclic) bond motifs is 1. The van der Waals surface area contributed by atoms with Crippen LogP contribution in [0.5, 0.6) is 0 Å². The van der Waals surface area contributed by atoms with Crippen molar-refractivity contribution in [2.24, 2.45) is 7.05 Å². The number of hydrogen-bond acceptors (Lipinski definition) is 5. The average Bonchev–Trinajstić information content (AvgIpc) is 3.28. The molecule has 1 fully saturated rings. The van der Waals surface area contributed by atoms with Crippen molar-refractivity contribution in [2.45, 2.75) is 25.1 Å². The van der Waals surface area contributed by atoms with Gasteiger partial charge in [-0.15, -0.1) is 0 Å². The molecule has 5 rings (SSSR count). The van der Waals surface area contributed by atoms with Gasteiger partial charge in [0.2, 0.25) is 0 Å². The first-order valence-corrected chi connectivity index (χ1v) is 12.4. The fraction of sp³-hybridized carbons (Fsp3) is 0.321. The molecule has 1 saturated heterocycles. The Morgan fingerprint density at radius 3 is 2.47 bits per heavy atom. The third-order valence-corrected chi connectivity index (χ3v) is 7.03. The second-order valence-electron chi connectivity index (χ2n) is 9.83. The highest BCUT2D eigenvalue weighted by Gasteiger charge is 2.31. The van der Waals surface area contributed by atoms with Gasteiger partial charge in [0.15, 0.2) is 11.6 Å². The van der Waals surface area contributed by atoms with E-state index in [0.29, 0.717) is 23.1 Å². The summed E-state index contributed by atoms with van der Waals surface area (Å²) in [7, 11) is 6.19. The minimum absolute atomic E-state index is 0.0735. The topological polar surface area (TPSA) is 66.3 Å². The SMILES string of the molecule is CN(C)C1CCN(c2nc(-c3cccc(NC(=O)c4cccc(C(F)(F)F)c4)c3)nc3ccn(C)c23)CC1. The van der Waals surface area contributed by atoms with Gasteiger partial charge in [0.25, 0.3) is 5.91 Å². The number of alkyl halides is 3. The highest BCUT2D eigenvalue weighted by molar-refractivity contribution is 6.04. The molecule has 1 N–H and O–H groups in total.